The molecule has 0 aromatic heterocycles. The highest BCUT2D eigenvalue weighted by Crippen LogP contribution is 2.53. The van der Waals surface area contributed by atoms with E-state index in [2.05, 4.69) is 20.6 Å². The van der Waals surface area contributed by atoms with Gasteiger partial charge in [0, 0.05) is 30.7 Å². The zero-order valence-corrected chi connectivity index (χ0v) is 49.8. The maximum atomic E-state index is 13.0. The van der Waals surface area contributed by atoms with Crippen LogP contribution in [-0.4, -0.2) is 285 Å². The second-order valence-corrected chi connectivity index (χ2v) is 28.9. The van der Waals surface area contributed by atoms with Crippen molar-refractivity contribution >= 4 is 91.0 Å². The second kappa shape index (κ2) is 28.9. The van der Waals surface area contributed by atoms with Crippen LogP contribution >= 0.6 is 20.2 Å². The molecule has 41 heteroatoms. The van der Waals surface area contributed by atoms with Gasteiger partial charge in [-0.3, -0.25) is 9.84 Å². The Morgan fingerprint density at radius 3 is 1.58 bits per heavy atom. The van der Waals surface area contributed by atoms with Crippen LogP contribution in [0.2, 0.25) is 0 Å². The van der Waals surface area contributed by atoms with E-state index in [9.17, 15) is 50.4 Å². The maximum absolute atomic E-state index is 13.0. The lowest BCUT2D eigenvalue weighted by molar-refractivity contribution is -0.319. The molecule has 81 heavy (non-hydrogen) atoms. The van der Waals surface area contributed by atoms with Crippen LogP contribution in [0.25, 0.3) is 0 Å². The van der Waals surface area contributed by atoms with E-state index in [-0.39, 0.29) is 32.5 Å². The number of guanidine groups is 2. The summed E-state index contributed by atoms with van der Waals surface area (Å²) in [6.07, 6.45) is -24.1. The number of nitrogens with one attached hydrogen (secondary N) is 2. The molecule has 5 saturated heterocycles. The number of aliphatic hydroxyl groups is 7. The van der Waals surface area contributed by atoms with Crippen molar-refractivity contribution in [3.63, 3.8) is 0 Å². The monoisotopic (exact) mass is 1270 g/mol. The smallest absolute Gasteiger partial charge is 0.326 e. The summed E-state index contributed by atoms with van der Waals surface area (Å²) in [6, 6.07) is -6.97. The van der Waals surface area contributed by atoms with Crippen molar-refractivity contribution < 1.29 is 115 Å². The second-order valence-electron chi connectivity index (χ2n) is 20.5. The van der Waals surface area contributed by atoms with Gasteiger partial charge >= 0.3 is 20.2 Å². The minimum atomic E-state index is -4.31. The third-order valence-electron chi connectivity index (χ3n) is 14.5. The van der Waals surface area contributed by atoms with E-state index < -0.39 is 203 Å². The topological polar surface area (TPSA) is 484 Å². The normalized spacial score (nSPS) is 43.4. The molecule has 5 aliphatic heterocycles. The molecule has 6 radical (unpaired) electrons. The number of aliphatic imine (C=N–C) groups is 2. The molecule has 0 spiro atoms. The minimum absolute atomic E-state index is 0.0150. The summed E-state index contributed by atoms with van der Waals surface area (Å²) >= 11 is 15.9. The first-order valence-electron chi connectivity index (χ1n) is 25.3. The first-order chi connectivity index (χ1) is 37.7. The SMILES string of the molecule is [B]C1CC(OP(O)(=S)OCC2OC([B])CC2OP(O)(=S)OCC2OC([B])CC2OP(O)(=S)OCNC(C)(C)C2(O)C(C)OC(OC3C(O)C(O)C(N=C(N)N)C(O)C3N=C(N)N)C2OC2OC(CO)C(O)C(O)C2NC)C(COC)O1. The Bertz CT molecular complexity index is 2300. The maximum Gasteiger partial charge on any atom is 0.326 e. The number of hydrogen-bond donors (Lipinski definition) is 16. The Labute approximate surface area is 486 Å². The first-order valence-corrected chi connectivity index (χ1v) is 33.1. The number of aliphatic hydroxyl groups excluding tert-OH is 6. The summed E-state index contributed by atoms with van der Waals surface area (Å²) in [7, 11) is 20.9. The number of ether oxygens (including phenoxy) is 8. The molecule has 20 N–H and O–H groups in total. The lowest BCUT2D eigenvalue weighted by atomic mass is 9.75. The number of nitrogens with zero attached hydrogens (tertiary/aromatic N) is 2. The van der Waals surface area contributed by atoms with Crippen LogP contribution in [-0.2, 0) is 100 Å². The van der Waals surface area contributed by atoms with E-state index in [0.717, 1.165) is 0 Å². The molecule has 5 heterocycles. The van der Waals surface area contributed by atoms with Crippen molar-refractivity contribution in [2.75, 3.05) is 47.3 Å². The number of likely N-dealkylation sites (N-methyl/N-ethyl adjacent to an activating group) is 1. The fourth-order valence-corrected chi connectivity index (χ4v) is 14.6. The first kappa shape index (κ1) is 69.7. The molecule has 1 saturated carbocycles. The largest absolute Gasteiger partial charge is 0.394 e. The molecule has 1 aliphatic carbocycles. The Morgan fingerprint density at radius 2 is 1.12 bits per heavy atom. The molecule has 27 atom stereocenters. The quantitative estimate of drug-likeness (QED) is 0.0119. The van der Waals surface area contributed by atoms with Crippen molar-refractivity contribution in [2.24, 2.45) is 32.9 Å². The van der Waals surface area contributed by atoms with Crippen molar-refractivity contribution in [1.29, 1.82) is 0 Å². The standard InChI is InChI=1S/C40H74B3N8O24P3S3/c1-14-40(58,34(72-35-27(48-4)31(56)28(53)18(9-52)70-35)36(66-14)71-33-26(51-38(46)47)29(54)25(50-37(44)45)30(55)32(33)57)39(2,3)49-13-65-78(61,81)75-17-8-24(43)69-21(17)12-64-77(60,80)74-16-7-23(42)68-20(16)11-63-76(59,79)73-15-6-22(41)67-19(15)10-62-5/h14-36,48-49,52-58H,6-13H2,1-5H3,(H,59,79)(H,60,80)(H,61,81)(H4,44,45,50)(H4,46,47,51). The highest BCUT2D eigenvalue weighted by molar-refractivity contribution is 8.07. The zero-order valence-electron chi connectivity index (χ0n) is 44.6. The van der Waals surface area contributed by atoms with E-state index >= 15 is 0 Å². The van der Waals surface area contributed by atoms with Gasteiger partial charge in [-0.2, -0.15) is 0 Å². The molecule has 6 fully saturated rings. The van der Waals surface area contributed by atoms with Crippen LogP contribution in [0.4, 0.5) is 0 Å². The summed E-state index contributed by atoms with van der Waals surface area (Å²) in [5.74, 6) is -1.14. The number of nitrogens with two attached hydrogens (primary N) is 4. The molecule has 0 amide bonds. The summed E-state index contributed by atoms with van der Waals surface area (Å²) in [5.41, 5.74) is 18.5. The van der Waals surface area contributed by atoms with Crippen LogP contribution in [0.3, 0.4) is 0 Å². The van der Waals surface area contributed by atoms with E-state index in [1.807, 2.05) is 0 Å². The molecular weight excluding hydrogens is 1200 g/mol. The van der Waals surface area contributed by atoms with Gasteiger partial charge in [0.25, 0.3) is 0 Å². The number of rotatable bonds is 27. The molecule has 460 valence electrons. The Balaban J connectivity index is 1.12. The fourth-order valence-electron chi connectivity index (χ4n) is 10.3. The molecule has 0 bridgehead atoms. The molecule has 6 aliphatic rings. The Morgan fingerprint density at radius 1 is 0.654 bits per heavy atom. The lowest BCUT2D eigenvalue weighted by Crippen LogP contribution is -2.71. The van der Waals surface area contributed by atoms with Crippen LogP contribution in [0, 0.1) is 0 Å². The molecule has 27 unspecified atom stereocenters. The van der Waals surface area contributed by atoms with E-state index in [1.165, 1.54) is 34.9 Å². The number of methoxy groups -OCH3 is 1. The summed E-state index contributed by atoms with van der Waals surface area (Å²) < 4.78 is 81.1. The number of hydrogen-bond acceptors (Lipinski definition) is 28. The van der Waals surface area contributed by atoms with E-state index in [0.29, 0.717) is 0 Å². The van der Waals surface area contributed by atoms with Gasteiger partial charge in [0.1, 0.15) is 115 Å². The van der Waals surface area contributed by atoms with Gasteiger partial charge in [-0.05, 0) is 82.5 Å². The third-order valence-corrected chi connectivity index (χ3v) is 19.2. The molecule has 6 rings (SSSR count). The Hall–Kier alpha value is -0.355. The van der Waals surface area contributed by atoms with E-state index in [1.54, 1.807) is 0 Å². The zero-order chi connectivity index (χ0) is 60.3. The van der Waals surface area contributed by atoms with Crippen LogP contribution in [0.1, 0.15) is 40.0 Å². The summed E-state index contributed by atoms with van der Waals surface area (Å²) in [5, 5.41) is 84.6. The summed E-state index contributed by atoms with van der Waals surface area (Å²) in [4.78, 5) is 41.4. The van der Waals surface area contributed by atoms with E-state index in [4.69, 9.17) is 147 Å². The fraction of sp³-hybridized carbons (Fsp3) is 0.950. The van der Waals surface area contributed by atoms with Crippen LogP contribution in [0.15, 0.2) is 9.98 Å². The van der Waals surface area contributed by atoms with Gasteiger partial charge in [0.05, 0.1) is 56.9 Å². The van der Waals surface area contributed by atoms with Gasteiger partial charge in [0.2, 0.25) is 0 Å². The predicted octanol–water partition coefficient (Wildman–Crippen LogP) is -7.68. The van der Waals surface area contributed by atoms with Gasteiger partial charge in [-0.1, -0.05) is 0 Å². The molecule has 0 aromatic carbocycles. The van der Waals surface area contributed by atoms with Gasteiger partial charge in [-0.25, -0.2) is 9.98 Å². The van der Waals surface area contributed by atoms with Crippen molar-refractivity contribution in [3.8, 4) is 0 Å². The van der Waals surface area contributed by atoms with Crippen molar-refractivity contribution in [2.45, 2.75) is 191 Å². The highest BCUT2D eigenvalue weighted by atomic mass is 32.5. The highest BCUT2D eigenvalue weighted by Gasteiger charge is 2.66. The average molecular weight is 1270 g/mol. The van der Waals surface area contributed by atoms with Crippen molar-refractivity contribution in [3.05, 3.63) is 0 Å². The van der Waals surface area contributed by atoms with Gasteiger partial charge in [-0.15, -0.1) is 0 Å². The third kappa shape index (κ3) is 17.3. The Kier molecular flexibility index (Phi) is 24.8. The van der Waals surface area contributed by atoms with Gasteiger partial charge in [0.15, 0.2) is 24.5 Å². The lowest BCUT2D eigenvalue weighted by Gasteiger charge is -2.49. The molecule has 0 aromatic rings. The predicted molar refractivity (Wildman–Crippen MR) is 295 cm³/mol. The molecule has 32 nitrogen and oxygen atoms in total. The van der Waals surface area contributed by atoms with Crippen LogP contribution in [0.5, 0.6) is 0 Å². The van der Waals surface area contributed by atoms with Crippen molar-refractivity contribution in [1.82, 2.24) is 10.6 Å². The molecular formula is C40H74B3N8O24P3S3. The average Bonchev–Trinajstić information content (AvgIpc) is 4.16. The van der Waals surface area contributed by atoms with Crippen LogP contribution < -0.4 is 33.6 Å². The minimum Gasteiger partial charge on any atom is -0.394 e. The summed E-state index contributed by atoms with van der Waals surface area (Å²) in [6.45, 7) is -10.3. The van der Waals surface area contributed by atoms with Gasteiger partial charge < -0.3 is 139 Å².